The van der Waals surface area contributed by atoms with Crippen molar-refractivity contribution in [1.82, 2.24) is 20.2 Å². The minimum absolute atomic E-state index is 0.0268. The molecule has 0 aliphatic carbocycles. The first kappa shape index (κ1) is 33.7. The highest BCUT2D eigenvalue weighted by atomic mass is 28.4. The molecule has 1 fully saturated rings. The number of rotatable bonds is 11. The number of pyridine rings is 2. The van der Waals surface area contributed by atoms with Gasteiger partial charge in [0.2, 0.25) is 8.32 Å². The van der Waals surface area contributed by atoms with E-state index in [9.17, 15) is 4.79 Å². The van der Waals surface area contributed by atoms with Gasteiger partial charge in [0.1, 0.15) is 5.75 Å². The number of nitrogens with zero attached hydrogens (tertiary/aromatic N) is 4. The van der Waals surface area contributed by atoms with Crippen molar-refractivity contribution in [2.24, 2.45) is 0 Å². The fraction of sp³-hybridized carbons (Fsp3) is 0.528. The van der Waals surface area contributed by atoms with Crippen molar-refractivity contribution in [1.29, 1.82) is 0 Å². The first-order chi connectivity index (χ1) is 20.8. The number of benzene rings is 1. The minimum Gasteiger partial charge on any atom is -0.544 e. The zero-order chi connectivity index (χ0) is 32.1. The van der Waals surface area contributed by atoms with Gasteiger partial charge in [0, 0.05) is 62.5 Å². The van der Waals surface area contributed by atoms with Crippen LogP contribution in [0.15, 0.2) is 55.0 Å². The van der Waals surface area contributed by atoms with Crippen LogP contribution >= 0.6 is 0 Å². The fourth-order valence-corrected chi connectivity index (χ4v) is 6.80. The maximum atomic E-state index is 12.8. The fourth-order valence-electron chi connectivity index (χ4n) is 5.77. The molecule has 1 amide bonds. The quantitative estimate of drug-likeness (QED) is 0.226. The van der Waals surface area contributed by atoms with Crippen LogP contribution in [0, 0.1) is 20.8 Å². The van der Waals surface area contributed by atoms with Crippen molar-refractivity contribution in [3.05, 3.63) is 82.9 Å². The summed E-state index contributed by atoms with van der Waals surface area (Å²) in [5.74, 6) is 0.934. The van der Waals surface area contributed by atoms with Crippen molar-refractivity contribution in [2.45, 2.75) is 104 Å². The second-order valence-corrected chi connectivity index (χ2v) is 18.8. The molecule has 1 aliphatic rings. The molecular weight excluding hydrogens is 563 g/mol. The Morgan fingerprint density at radius 1 is 1.05 bits per heavy atom. The number of hydrogen-bond acceptors (Lipinski definition) is 6. The van der Waals surface area contributed by atoms with Crippen molar-refractivity contribution < 1.29 is 9.22 Å². The van der Waals surface area contributed by atoms with Gasteiger partial charge < -0.3 is 19.5 Å². The molecule has 2 aromatic heterocycles. The molecule has 3 heterocycles. The van der Waals surface area contributed by atoms with E-state index in [0.717, 1.165) is 55.9 Å². The number of hydrogen-bond donors (Lipinski definition) is 1. The molecule has 3 aromatic rings. The monoisotopic (exact) mass is 615 g/mol. The van der Waals surface area contributed by atoms with Gasteiger partial charge in [0.05, 0.1) is 11.3 Å². The van der Waals surface area contributed by atoms with E-state index in [4.69, 9.17) is 4.43 Å². The van der Waals surface area contributed by atoms with Gasteiger partial charge in [0.25, 0.3) is 5.91 Å². The van der Waals surface area contributed by atoms with E-state index in [1.165, 1.54) is 16.8 Å². The summed E-state index contributed by atoms with van der Waals surface area (Å²) in [4.78, 5) is 26.7. The molecule has 8 heteroatoms. The Kier molecular flexibility index (Phi) is 10.9. The molecule has 1 aliphatic heterocycles. The summed E-state index contributed by atoms with van der Waals surface area (Å²) in [6, 6.07) is 13.6. The molecule has 0 spiro atoms. The Balaban J connectivity index is 1.39. The molecule has 44 heavy (non-hydrogen) atoms. The lowest BCUT2D eigenvalue weighted by molar-refractivity contribution is 0.0943. The van der Waals surface area contributed by atoms with Crippen LogP contribution < -0.4 is 14.6 Å². The van der Waals surface area contributed by atoms with Gasteiger partial charge in [-0.2, -0.15) is 0 Å². The molecule has 0 radical (unpaired) electrons. The van der Waals surface area contributed by atoms with Crippen LogP contribution in [0.2, 0.25) is 18.1 Å². The molecule has 0 bridgehead atoms. The molecular formula is C36H53N5O2Si. The number of nitrogens with one attached hydrogen (secondary N) is 1. The Morgan fingerprint density at radius 3 is 2.32 bits per heavy atom. The number of anilines is 1. The second kappa shape index (κ2) is 14.2. The van der Waals surface area contributed by atoms with Gasteiger partial charge in [-0.05, 0) is 118 Å². The number of carbonyl (C=O) groups excluding carboxylic acids is 1. The molecule has 238 valence electrons. The van der Waals surface area contributed by atoms with Crippen LogP contribution in [0.25, 0.3) is 0 Å². The Bertz CT molecular complexity index is 1370. The first-order valence-electron chi connectivity index (χ1n) is 16.2. The highest BCUT2D eigenvalue weighted by molar-refractivity contribution is 6.74. The third-order valence-electron chi connectivity index (χ3n) is 9.82. The van der Waals surface area contributed by atoms with Crippen LogP contribution in [0.4, 0.5) is 5.69 Å². The summed E-state index contributed by atoms with van der Waals surface area (Å²) in [6.45, 7) is 23.3. The number of piperidine rings is 1. The number of carbonyl (C=O) groups is 1. The van der Waals surface area contributed by atoms with Crippen LogP contribution in [-0.4, -0.2) is 60.8 Å². The first-order valence-corrected chi connectivity index (χ1v) is 19.1. The summed E-state index contributed by atoms with van der Waals surface area (Å²) < 4.78 is 6.58. The largest absolute Gasteiger partial charge is 0.544 e. The zero-order valence-electron chi connectivity index (χ0n) is 28.4. The summed E-state index contributed by atoms with van der Waals surface area (Å²) in [7, 11) is -1.90. The van der Waals surface area contributed by atoms with Gasteiger partial charge in [-0.1, -0.05) is 20.8 Å². The third-order valence-corrected chi connectivity index (χ3v) is 14.2. The average Bonchev–Trinajstić information content (AvgIpc) is 2.96. The summed E-state index contributed by atoms with van der Waals surface area (Å²) >= 11 is 0. The third kappa shape index (κ3) is 8.27. The smallest absolute Gasteiger partial charge is 0.253 e. The predicted octanol–water partition coefficient (Wildman–Crippen LogP) is 7.47. The van der Waals surface area contributed by atoms with Crippen LogP contribution in [0.1, 0.15) is 79.7 Å². The van der Waals surface area contributed by atoms with Crippen molar-refractivity contribution in [3.63, 3.8) is 0 Å². The van der Waals surface area contributed by atoms with Gasteiger partial charge in [-0.25, -0.2) is 0 Å². The molecule has 1 N–H and O–H groups in total. The van der Waals surface area contributed by atoms with E-state index in [2.05, 4.69) is 103 Å². The zero-order valence-corrected chi connectivity index (χ0v) is 29.4. The molecule has 1 atom stereocenters. The maximum absolute atomic E-state index is 12.8. The molecule has 1 aromatic carbocycles. The van der Waals surface area contributed by atoms with Crippen LogP contribution in [0.3, 0.4) is 0 Å². The van der Waals surface area contributed by atoms with E-state index >= 15 is 0 Å². The van der Waals surface area contributed by atoms with Gasteiger partial charge in [0.15, 0.2) is 0 Å². The summed E-state index contributed by atoms with van der Waals surface area (Å²) in [5, 5.41) is 3.29. The number of likely N-dealkylation sites (tertiary alicyclic amines) is 1. The predicted molar refractivity (Wildman–Crippen MR) is 184 cm³/mol. The maximum Gasteiger partial charge on any atom is 0.253 e. The van der Waals surface area contributed by atoms with E-state index in [1.54, 1.807) is 6.20 Å². The number of aromatic nitrogens is 2. The van der Waals surface area contributed by atoms with Gasteiger partial charge in [-0.15, -0.1) is 0 Å². The normalized spacial score (nSPS) is 15.6. The highest BCUT2D eigenvalue weighted by Gasteiger charge is 2.39. The number of aryl methyl sites for hydroxylation is 3. The lowest BCUT2D eigenvalue weighted by Gasteiger charge is -2.42. The number of amides is 1. The highest BCUT2D eigenvalue weighted by Crippen LogP contribution is 2.38. The molecule has 7 nitrogen and oxygen atoms in total. The Morgan fingerprint density at radius 2 is 1.70 bits per heavy atom. The second-order valence-electron chi connectivity index (χ2n) is 14.0. The summed E-state index contributed by atoms with van der Waals surface area (Å²) in [6.07, 6.45) is 8.74. The Hall–Kier alpha value is -3.23. The minimum atomic E-state index is -1.90. The molecule has 1 saturated heterocycles. The van der Waals surface area contributed by atoms with Gasteiger partial charge in [-0.3, -0.25) is 14.8 Å². The average molecular weight is 616 g/mol. The summed E-state index contributed by atoms with van der Waals surface area (Å²) in [5.41, 5.74) is 6.21. The van der Waals surface area contributed by atoms with E-state index in [-0.39, 0.29) is 10.9 Å². The molecule has 4 rings (SSSR count). The SMILES string of the molecule is Cc1ccncc1CN(c1ccc(O[Si](C)(C)C(C)(C)C)cc1)C1CCN(C(C)CCNC(=O)c2c(C)ccnc2C)CC1. The van der Waals surface area contributed by atoms with Crippen LogP contribution in [0.5, 0.6) is 5.75 Å². The van der Waals surface area contributed by atoms with E-state index in [1.807, 2.05) is 32.3 Å². The molecule has 1 unspecified atom stereocenters. The van der Waals surface area contributed by atoms with Crippen molar-refractivity contribution >= 4 is 19.9 Å². The van der Waals surface area contributed by atoms with Crippen molar-refractivity contribution in [3.8, 4) is 5.75 Å². The standard InChI is InChI=1S/C36H53N5O2Si/c1-26-14-19-37-24-30(26)25-41(31-10-12-33(13-11-31)43-44(8,9)36(5,6)7)32-17-22-40(23-18-32)28(3)16-21-39-35(42)34-27(2)15-20-38-29(34)4/h10-15,19-20,24,28,32H,16-18,21-23,25H2,1-9H3,(H,39,42). The van der Waals surface area contributed by atoms with E-state index in [0.29, 0.717) is 24.2 Å². The Labute approximate surface area is 266 Å². The molecule has 0 saturated carbocycles. The van der Waals surface area contributed by atoms with E-state index < -0.39 is 8.32 Å². The topological polar surface area (TPSA) is 70.6 Å². The van der Waals surface area contributed by atoms with Gasteiger partial charge >= 0.3 is 0 Å². The lowest BCUT2D eigenvalue weighted by Crippen LogP contribution is -2.48. The van der Waals surface area contributed by atoms with Crippen LogP contribution in [-0.2, 0) is 6.54 Å². The lowest BCUT2D eigenvalue weighted by atomic mass is 9.99. The van der Waals surface area contributed by atoms with Crippen molar-refractivity contribution in [2.75, 3.05) is 24.5 Å².